The minimum atomic E-state index is -0.277. The van der Waals surface area contributed by atoms with Crippen molar-refractivity contribution in [2.75, 3.05) is 5.32 Å². The highest BCUT2D eigenvalue weighted by molar-refractivity contribution is 6.03. The zero-order valence-corrected chi connectivity index (χ0v) is 14.0. The van der Waals surface area contributed by atoms with Gasteiger partial charge < -0.3 is 20.0 Å². The number of imidazole rings is 1. The van der Waals surface area contributed by atoms with Gasteiger partial charge in [-0.05, 0) is 24.6 Å². The highest BCUT2D eigenvalue weighted by atomic mass is 16.3. The van der Waals surface area contributed by atoms with E-state index in [1.54, 1.807) is 6.20 Å². The average molecular weight is 351 g/mol. The molecule has 132 valence electrons. The zero-order chi connectivity index (χ0) is 18.9. The zero-order valence-electron chi connectivity index (χ0n) is 14.0. The van der Waals surface area contributed by atoms with Crippen molar-refractivity contribution in [3.05, 3.63) is 71.6 Å². The van der Waals surface area contributed by atoms with Gasteiger partial charge in [-0.3, -0.25) is 9.59 Å². The molecule has 0 aliphatic heterocycles. The Bertz CT molecular complexity index is 936. The molecule has 0 fully saturated rings. The molecule has 3 N–H and O–H groups in total. The Balaban J connectivity index is 0.000000758. The molecule has 0 radical (unpaired) electrons. The molecule has 0 spiro atoms. The van der Waals surface area contributed by atoms with Gasteiger partial charge in [-0.15, -0.1) is 0 Å². The predicted molar refractivity (Wildman–Crippen MR) is 94.7 cm³/mol. The van der Waals surface area contributed by atoms with E-state index in [0.29, 0.717) is 17.8 Å². The number of H-pyrrole nitrogens is 1. The Morgan fingerprint density at radius 2 is 2.19 bits per heavy atom. The van der Waals surface area contributed by atoms with Crippen LogP contribution in [0.1, 0.15) is 27.4 Å². The number of benzene rings is 1. The number of anilines is 1. The maximum Gasteiger partial charge on any atom is 0.290 e. The van der Waals surface area contributed by atoms with Crippen molar-refractivity contribution < 1.29 is 14.7 Å². The van der Waals surface area contributed by atoms with Crippen LogP contribution < -0.4 is 5.32 Å². The van der Waals surface area contributed by atoms with Crippen LogP contribution in [-0.2, 0) is 11.3 Å². The summed E-state index contributed by atoms with van der Waals surface area (Å²) in [5.41, 5.74) is 2.50. The van der Waals surface area contributed by atoms with Crippen LogP contribution >= 0.6 is 0 Å². The monoisotopic (exact) mass is 351 g/mol. The molecular formula is C18H17N5O3. The third-order valence-corrected chi connectivity index (χ3v) is 3.59. The van der Waals surface area contributed by atoms with Crippen LogP contribution in [0.15, 0.2) is 48.9 Å². The number of amides is 1. The summed E-state index contributed by atoms with van der Waals surface area (Å²) in [5, 5.41) is 18.6. The van der Waals surface area contributed by atoms with E-state index >= 15 is 0 Å². The highest BCUT2D eigenvalue weighted by Crippen LogP contribution is 2.18. The third kappa shape index (κ3) is 4.58. The normalized spacial score (nSPS) is 9.54. The predicted octanol–water partition coefficient (Wildman–Crippen LogP) is 2.39. The Kier molecular flexibility index (Phi) is 6.28. The summed E-state index contributed by atoms with van der Waals surface area (Å²) < 4.78 is 2.01. The quantitative estimate of drug-likeness (QED) is 0.623. The fraction of sp³-hybridized carbons (Fsp3) is 0.111. The molecule has 8 heteroatoms. The van der Waals surface area contributed by atoms with E-state index < -0.39 is 0 Å². The van der Waals surface area contributed by atoms with Crippen LogP contribution in [0.4, 0.5) is 5.69 Å². The maximum atomic E-state index is 12.3. The van der Waals surface area contributed by atoms with Crippen LogP contribution in [0.5, 0.6) is 0 Å². The first-order valence-electron chi connectivity index (χ1n) is 7.62. The molecule has 0 aliphatic rings. The topological polar surface area (TPSA) is 124 Å². The number of hydrogen-bond acceptors (Lipinski definition) is 4. The molecule has 0 atom stereocenters. The van der Waals surface area contributed by atoms with Gasteiger partial charge in [0.25, 0.3) is 12.4 Å². The van der Waals surface area contributed by atoms with E-state index in [9.17, 15) is 4.79 Å². The van der Waals surface area contributed by atoms with Crippen molar-refractivity contribution in [2.45, 2.75) is 13.5 Å². The first-order chi connectivity index (χ1) is 12.6. The first kappa shape index (κ1) is 18.5. The Morgan fingerprint density at radius 1 is 1.46 bits per heavy atom. The fourth-order valence-electron chi connectivity index (χ4n) is 2.31. The van der Waals surface area contributed by atoms with Gasteiger partial charge in [0.15, 0.2) is 0 Å². The second-order valence-electron chi connectivity index (χ2n) is 5.23. The van der Waals surface area contributed by atoms with Crippen LogP contribution in [0, 0.1) is 18.3 Å². The number of aromatic nitrogens is 3. The maximum absolute atomic E-state index is 12.3. The summed E-state index contributed by atoms with van der Waals surface area (Å²) in [7, 11) is 0. The number of para-hydroxylation sites is 1. The average Bonchev–Trinajstić information content (AvgIpc) is 3.27. The molecule has 2 aromatic heterocycles. The molecule has 1 aromatic carbocycles. The molecule has 3 aromatic rings. The van der Waals surface area contributed by atoms with Gasteiger partial charge in [-0.2, -0.15) is 5.26 Å². The molecule has 0 unspecified atom stereocenters. The second-order valence-corrected chi connectivity index (χ2v) is 5.23. The summed E-state index contributed by atoms with van der Waals surface area (Å²) in [4.78, 5) is 27.7. The number of rotatable bonds is 4. The number of nitrogens with zero attached hydrogens (tertiary/aromatic N) is 3. The van der Waals surface area contributed by atoms with E-state index in [1.807, 2.05) is 48.0 Å². The summed E-state index contributed by atoms with van der Waals surface area (Å²) in [6.45, 7) is 2.31. The molecular weight excluding hydrogens is 334 g/mol. The summed E-state index contributed by atoms with van der Waals surface area (Å²) >= 11 is 0. The van der Waals surface area contributed by atoms with Crippen LogP contribution in [0.2, 0.25) is 0 Å². The first-order valence-corrected chi connectivity index (χ1v) is 7.62. The van der Waals surface area contributed by atoms with E-state index in [4.69, 9.17) is 15.2 Å². The van der Waals surface area contributed by atoms with Crippen molar-refractivity contribution in [3.8, 4) is 6.07 Å². The van der Waals surface area contributed by atoms with Crippen LogP contribution in [-0.4, -0.2) is 32.0 Å². The molecule has 0 bridgehead atoms. The molecule has 3 rings (SSSR count). The molecule has 0 saturated heterocycles. The van der Waals surface area contributed by atoms with Gasteiger partial charge in [0.05, 0.1) is 12.1 Å². The van der Waals surface area contributed by atoms with E-state index in [2.05, 4.69) is 15.3 Å². The number of carboxylic acid groups (broad SMARTS) is 1. The Hall–Kier alpha value is -3.86. The Morgan fingerprint density at radius 3 is 2.81 bits per heavy atom. The fourth-order valence-corrected chi connectivity index (χ4v) is 2.31. The summed E-state index contributed by atoms with van der Waals surface area (Å²) in [6.07, 6.45) is 5.16. The number of aromatic amines is 1. The number of nitrogens with one attached hydrogen (secondary N) is 2. The smallest absolute Gasteiger partial charge is 0.290 e. The van der Waals surface area contributed by atoms with E-state index in [-0.39, 0.29) is 12.4 Å². The molecule has 8 nitrogen and oxygen atoms in total. The molecule has 0 saturated carbocycles. The van der Waals surface area contributed by atoms with Crippen molar-refractivity contribution in [3.63, 3.8) is 0 Å². The number of aryl methyl sites for hydroxylation is 1. The SMILES string of the molecule is Cc1nccn1Cc1ccccc1NC(=O)c1cc(C#N)c[nH]1.O=CO. The second kappa shape index (κ2) is 8.84. The number of hydrogen-bond donors (Lipinski definition) is 3. The van der Waals surface area contributed by atoms with Crippen molar-refractivity contribution in [1.82, 2.24) is 14.5 Å². The number of carbonyl (C=O) groups excluding carboxylic acids is 1. The largest absolute Gasteiger partial charge is 0.483 e. The van der Waals surface area contributed by atoms with Crippen molar-refractivity contribution in [1.29, 1.82) is 5.26 Å². The van der Waals surface area contributed by atoms with Crippen LogP contribution in [0.3, 0.4) is 0 Å². The van der Waals surface area contributed by atoms with Gasteiger partial charge in [-0.25, -0.2) is 4.98 Å². The Labute approximate surface area is 149 Å². The minimum Gasteiger partial charge on any atom is -0.483 e. The van der Waals surface area contributed by atoms with Crippen molar-refractivity contribution >= 4 is 18.1 Å². The third-order valence-electron chi connectivity index (χ3n) is 3.59. The van der Waals surface area contributed by atoms with E-state index in [0.717, 1.165) is 17.1 Å². The number of carbonyl (C=O) groups is 2. The standard InChI is InChI=1S/C17H15N5O.CH2O2/c1-12-19-6-7-22(12)11-14-4-2-3-5-15(14)21-17(23)16-8-13(9-18)10-20-16;2-1-3/h2-8,10,20H,11H2,1H3,(H,21,23);1H,(H,2,3). The van der Waals surface area contributed by atoms with Gasteiger partial charge in [-0.1, -0.05) is 18.2 Å². The molecule has 1 amide bonds. The van der Waals surface area contributed by atoms with Gasteiger partial charge in [0, 0.05) is 24.3 Å². The highest BCUT2D eigenvalue weighted by Gasteiger charge is 2.11. The van der Waals surface area contributed by atoms with Gasteiger partial charge in [0.2, 0.25) is 0 Å². The van der Waals surface area contributed by atoms with Crippen LogP contribution in [0.25, 0.3) is 0 Å². The number of nitriles is 1. The van der Waals surface area contributed by atoms with Gasteiger partial charge in [0.1, 0.15) is 17.6 Å². The lowest BCUT2D eigenvalue weighted by Gasteiger charge is -2.12. The van der Waals surface area contributed by atoms with Gasteiger partial charge >= 0.3 is 0 Å². The lowest BCUT2D eigenvalue weighted by Crippen LogP contribution is -2.14. The molecule has 0 aliphatic carbocycles. The lowest BCUT2D eigenvalue weighted by molar-refractivity contribution is -0.122. The summed E-state index contributed by atoms with van der Waals surface area (Å²) in [5.74, 6) is 0.635. The lowest BCUT2D eigenvalue weighted by atomic mass is 10.1. The van der Waals surface area contributed by atoms with E-state index in [1.165, 1.54) is 12.3 Å². The van der Waals surface area contributed by atoms with Crippen molar-refractivity contribution in [2.24, 2.45) is 0 Å². The molecule has 26 heavy (non-hydrogen) atoms. The summed E-state index contributed by atoms with van der Waals surface area (Å²) in [6, 6.07) is 11.1. The minimum absolute atomic E-state index is 0.250. The molecule has 2 heterocycles.